The summed E-state index contributed by atoms with van der Waals surface area (Å²) in [4.78, 5) is 15.1. The van der Waals surface area contributed by atoms with Gasteiger partial charge in [-0.2, -0.15) is 0 Å². The largest absolute Gasteiger partial charge is 0.493 e. The molecule has 0 saturated carbocycles. The van der Waals surface area contributed by atoms with E-state index in [1.807, 2.05) is 36.5 Å². The van der Waals surface area contributed by atoms with Gasteiger partial charge in [-0.1, -0.05) is 18.2 Å². The lowest BCUT2D eigenvalue weighted by molar-refractivity contribution is 0.355. The van der Waals surface area contributed by atoms with Crippen molar-refractivity contribution in [2.45, 2.75) is 6.42 Å². The third-order valence-corrected chi connectivity index (χ3v) is 5.30. The topological polar surface area (TPSA) is 43.2 Å². The first-order valence-electron chi connectivity index (χ1n) is 9.36. The van der Waals surface area contributed by atoms with Crippen LogP contribution in [-0.2, 0) is 0 Å². The van der Waals surface area contributed by atoms with Crippen LogP contribution in [0, 0.1) is 0 Å². The van der Waals surface area contributed by atoms with E-state index in [0.29, 0.717) is 11.5 Å². The normalized spacial score (nSPS) is 14.8. The van der Waals surface area contributed by atoms with Crippen LogP contribution in [0.1, 0.15) is 12.0 Å². The first kappa shape index (κ1) is 18.3. The number of aromatic nitrogens is 1. The summed E-state index contributed by atoms with van der Waals surface area (Å²) in [5, 5.41) is 0. The minimum Gasteiger partial charge on any atom is -0.493 e. The highest BCUT2D eigenvalue weighted by Gasteiger charge is 2.12. The van der Waals surface area contributed by atoms with Crippen LogP contribution < -0.4 is 15.0 Å². The van der Waals surface area contributed by atoms with Crippen LogP contribution >= 0.6 is 0 Å². The van der Waals surface area contributed by atoms with E-state index in [0.717, 1.165) is 41.7 Å². The monoisotopic (exact) mass is 376 g/mol. The molecule has 4 rings (SSSR count). The average molecular weight is 376 g/mol. The van der Waals surface area contributed by atoms with E-state index in [1.54, 1.807) is 24.7 Å². The third-order valence-electron chi connectivity index (χ3n) is 5.30. The Kier molecular flexibility index (Phi) is 4.92. The first-order chi connectivity index (χ1) is 13.6. The molecule has 1 aromatic carbocycles. The van der Waals surface area contributed by atoms with Crippen LogP contribution in [0.2, 0.25) is 0 Å². The van der Waals surface area contributed by atoms with Crippen molar-refractivity contribution < 1.29 is 9.47 Å². The smallest absolute Gasteiger partial charge is 0.255 e. The van der Waals surface area contributed by atoms with Crippen molar-refractivity contribution in [2.24, 2.45) is 0 Å². The predicted octanol–water partition coefficient (Wildman–Crippen LogP) is 3.70. The van der Waals surface area contributed by atoms with E-state index in [-0.39, 0.29) is 5.56 Å². The maximum Gasteiger partial charge on any atom is 0.255 e. The van der Waals surface area contributed by atoms with E-state index >= 15 is 0 Å². The lowest BCUT2D eigenvalue weighted by atomic mass is 10.0. The molecule has 0 saturated heterocycles. The van der Waals surface area contributed by atoms with Crippen molar-refractivity contribution in [1.29, 1.82) is 0 Å². The summed E-state index contributed by atoms with van der Waals surface area (Å²) in [6.45, 7) is 1.98. The molecule has 0 fully saturated rings. The second-order valence-corrected chi connectivity index (χ2v) is 7.11. The van der Waals surface area contributed by atoms with Gasteiger partial charge in [0.05, 0.1) is 14.2 Å². The minimum absolute atomic E-state index is 0.0438. The van der Waals surface area contributed by atoms with Gasteiger partial charge in [0, 0.05) is 30.9 Å². The molecule has 0 atom stereocenters. The van der Waals surface area contributed by atoms with Crippen LogP contribution in [0.4, 0.5) is 0 Å². The summed E-state index contributed by atoms with van der Waals surface area (Å²) in [5.74, 6) is 1.31. The molecule has 0 unspecified atom stereocenters. The number of rotatable bonds is 4. The van der Waals surface area contributed by atoms with Crippen molar-refractivity contribution in [3.05, 3.63) is 70.7 Å². The van der Waals surface area contributed by atoms with Crippen LogP contribution in [0.3, 0.4) is 0 Å². The molecule has 5 heteroatoms. The zero-order valence-corrected chi connectivity index (χ0v) is 16.4. The maximum atomic E-state index is 12.8. The Morgan fingerprint density at radius 1 is 0.893 bits per heavy atom. The van der Waals surface area contributed by atoms with Crippen molar-refractivity contribution >= 4 is 11.1 Å². The van der Waals surface area contributed by atoms with Crippen LogP contribution in [0.15, 0.2) is 59.5 Å². The lowest BCUT2D eigenvalue weighted by Crippen LogP contribution is -2.23. The second-order valence-electron chi connectivity index (χ2n) is 7.11. The molecule has 3 aromatic rings. The Balaban J connectivity index is 1.76. The van der Waals surface area contributed by atoms with Gasteiger partial charge in [0.25, 0.3) is 5.56 Å². The number of hydrogen-bond acceptors (Lipinski definition) is 4. The first-order valence-corrected chi connectivity index (χ1v) is 9.36. The van der Waals surface area contributed by atoms with E-state index in [9.17, 15) is 4.79 Å². The maximum absolute atomic E-state index is 12.8. The SMILES string of the molecule is COc1ccc(-c2cc(=O)n3cc(C4=CCN(C)CC4)ccc3c2)cc1OC. The Hall–Kier alpha value is -3.05. The zero-order chi connectivity index (χ0) is 19.7. The van der Waals surface area contributed by atoms with Crippen molar-refractivity contribution in [1.82, 2.24) is 9.30 Å². The highest BCUT2D eigenvalue weighted by molar-refractivity contribution is 5.73. The van der Waals surface area contributed by atoms with E-state index in [1.165, 1.54) is 5.57 Å². The minimum atomic E-state index is -0.0438. The summed E-state index contributed by atoms with van der Waals surface area (Å²) < 4.78 is 12.4. The second kappa shape index (κ2) is 7.52. The fourth-order valence-corrected chi connectivity index (χ4v) is 3.63. The molecule has 0 radical (unpaired) electrons. The van der Waals surface area contributed by atoms with Gasteiger partial charge in [0.2, 0.25) is 0 Å². The number of methoxy groups -OCH3 is 2. The summed E-state index contributed by atoms with van der Waals surface area (Å²) in [6.07, 6.45) is 5.20. The summed E-state index contributed by atoms with van der Waals surface area (Å²) in [5.41, 5.74) is 5.02. The molecule has 3 heterocycles. The predicted molar refractivity (Wildman–Crippen MR) is 112 cm³/mol. The van der Waals surface area contributed by atoms with Crippen molar-refractivity contribution in [3.63, 3.8) is 0 Å². The Morgan fingerprint density at radius 3 is 2.39 bits per heavy atom. The Morgan fingerprint density at radius 2 is 1.68 bits per heavy atom. The van der Waals surface area contributed by atoms with Gasteiger partial charge in [-0.3, -0.25) is 9.20 Å². The van der Waals surface area contributed by atoms with Gasteiger partial charge in [0.15, 0.2) is 11.5 Å². The van der Waals surface area contributed by atoms with Gasteiger partial charge < -0.3 is 14.4 Å². The van der Waals surface area contributed by atoms with E-state index in [4.69, 9.17) is 9.47 Å². The van der Waals surface area contributed by atoms with Crippen LogP contribution in [0.25, 0.3) is 22.2 Å². The molecular weight excluding hydrogens is 352 g/mol. The average Bonchev–Trinajstić information content (AvgIpc) is 2.73. The molecule has 0 spiro atoms. The summed E-state index contributed by atoms with van der Waals surface area (Å²) in [7, 11) is 5.33. The van der Waals surface area contributed by atoms with Gasteiger partial charge in [-0.05, 0) is 60.0 Å². The highest BCUT2D eigenvalue weighted by Crippen LogP contribution is 2.32. The molecule has 0 amide bonds. The number of pyridine rings is 2. The fraction of sp³-hybridized carbons (Fsp3) is 0.261. The molecule has 144 valence electrons. The number of benzene rings is 1. The van der Waals surface area contributed by atoms with Crippen molar-refractivity contribution in [2.75, 3.05) is 34.4 Å². The molecule has 0 aliphatic carbocycles. The molecule has 5 nitrogen and oxygen atoms in total. The quantitative estimate of drug-likeness (QED) is 0.696. The van der Waals surface area contributed by atoms with E-state index < -0.39 is 0 Å². The molecule has 1 aliphatic rings. The number of fused-ring (bicyclic) bond motifs is 1. The third kappa shape index (κ3) is 3.41. The van der Waals surface area contributed by atoms with Gasteiger partial charge >= 0.3 is 0 Å². The standard InChI is InChI=1S/C23H24N2O3/c1-24-10-8-16(9-11-24)18-4-6-20-12-19(14-23(26)25(20)15-18)17-5-7-21(27-2)22(13-17)28-3/h4-8,12-15H,9-11H2,1-3H3. The molecular formula is C23H24N2O3. The van der Waals surface area contributed by atoms with Crippen LogP contribution in [0.5, 0.6) is 11.5 Å². The number of hydrogen-bond donors (Lipinski definition) is 0. The van der Waals surface area contributed by atoms with E-state index in [2.05, 4.69) is 24.1 Å². The molecule has 28 heavy (non-hydrogen) atoms. The number of ether oxygens (including phenoxy) is 2. The van der Waals surface area contributed by atoms with Crippen molar-refractivity contribution in [3.8, 4) is 22.6 Å². The highest BCUT2D eigenvalue weighted by atomic mass is 16.5. The van der Waals surface area contributed by atoms with Crippen LogP contribution in [-0.4, -0.2) is 43.7 Å². The lowest BCUT2D eigenvalue weighted by Gasteiger charge is -2.22. The van der Waals surface area contributed by atoms with Gasteiger partial charge in [0.1, 0.15) is 0 Å². The molecule has 1 aliphatic heterocycles. The Labute approximate surface area is 164 Å². The zero-order valence-electron chi connectivity index (χ0n) is 16.4. The fourth-order valence-electron chi connectivity index (χ4n) is 3.63. The molecule has 2 aromatic heterocycles. The summed E-state index contributed by atoms with van der Waals surface area (Å²) >= 11 is 0. The van der Waals surface area contributed by atoms with Gasteiger partial charge in [-0.25, -0.2) is 0 Å². The summed E-state index contributed by atoms with van der Waals surface area (Å²) in [6, 6.07) is 13.5. The molecule has 0 bridgehead atoms. The number of likely N-dealkylation sites (N-methyl/N-ethyl adjacent to an activating group) is 1. The molecule has 0 N–H and O–H groups in total. The van der Waals surface area contributed by atoms with Gasteiger partial charge in [-0.15, -0.1) is 0 Å². The Bertz CT molecular complexity index is 1110. The number of nitrogens with zero attached hydrogens (tertiary/aromatic N) is 2.